The van der Waals surface area contributed by atoms with Gasteiger partial charge in [-0.15, -0.1) is 0 Å². The third-order valence-electron chi connectivity index (χ3n) is 8.62. The smallest absolute Gasteiger partial charge is 0.410 e. The average Bonchev–Trinajstić information content (AvgIpc) is 3.51. The van der Waals surface area contributed by atoms with Gasteiger partial charge in [0, 0.05) is 37.9 Å². The number of benzene rings is 2. The molecule has 10 heteroatoms. The van der Waals surface area contributed by atoms with Crippen molar-refractivity contribution < 1.29 is 32.6 Å². The summed E-state index contributed by atoms with van der Waals surface area (Å²) < 4.78 is 40.2. The predicted octanol–water partition coefficient (Wildman–Crippen LogP) is 3.63. The maximum absolute atomic E-state index is 13.6. The monoisotopic (exact) mass is 538 g/mol. The van der Waals surface area contributed by atoms with Crippen LogP contribution in [0.25, 0.3) is 0 Å². The lowest BCUT2D eigenvalue weighted by molar-refractivity contribution is -0.161. The number of carbonyl (C=O) groups excluding carboxylic acids is 2. The number of sulfonamides is 1. The number of hydrogen-bond donors (Lipinski definition) is 1. The van der Waals surface area contributed by atoms with E-state index in [1.807, 2.05) is 30.3 Å². The zero-order chi connectivity index (χ0) is 26.5. The van der Waals surface area contributed by atoms with E-state index in [1.54, 1.807) is 41.3 Å². The number of rotatable bonds is 4. The van der Waals surface area contributed by atoms with Crippen LogP contribution in [-0.4, -0.2) is 66.1 Å². The van der Waals surface area contributed by atoms with E-state index in [0.29, 0.717) is 19.4 Å². The zero-order valence-electron chi connectivity index (χ0n) is 20.9. The highest BCUT2D eigenvalue weighted by molar-refractivity contribution is 7.89. The minimum Gasteiger partial charge on any atom is -0.508 e. The molecule has 2 spiro atoms. The molecule has 200 valence electrons. The van der Waals surface area contributed by atoms with E-state index in [2.05, 4.69) is 0 Å². The van der Waals surface area contributed by atoms with E-state index in [-0.39, 0.29) is 49.1 Å². The number of likely N-dealkylation sites (tertiary alicyclic amines) is 1. The molecule has 4 atom stereocenters. The van der Waals surface area contributed by atoms with Gasteiger partial charge in [-0.25, -0.2) is 13.2 Å². The fourth-order valence-electron chi connectivity index (χ4n) is 6.90. The highest BCUT2D eigenvalue weighted by atomic mass is 32.2. The van der Waals surface area contributed by atoms with Gasteiger partial charge in [0.1, 0.15) is 12.4 Å². The van der Waals surface area contributed by atoms with E-state index in [4.69, 9.17) is 9.47 Å². The SMILES string of the molecule is O=C1CCC2(O1)C(O)=C[C@@H]1CCN(S(=O)(=O)c3ccccc3)C[C@@]13CCN(C(=O)OCc1ccccc1)[C@@H]23. The van der Waals surface area contributed by atoms with Crippen molar-refractivity contribution in [2.45, 2.75) is 48.8 Å². The third-order valence-corrected chi connectivity index (χ3v) is 10.5. The second-order valence-corrected chi connectivity index (χ2v) is 12.5. The Bertz CT molecular complexity index is 1380. The van der Waals surface area contributed by atoms with Gasteiger partial charge in [-0.1, -0.05) is 48.5 Å². The summed E-state index contributed by atoms with van der Waals surface area (Å²) in [4.78, 5) is 27.7. The predicted molar refractivity (Wildman–Crippen MR) is 136 cm³/mol. The number of ether oxygens (including phenoxy) is 2. The summed E-state index contributed by atoms with van der Waals surface area (Å²) in [5.41, 5.74) is -1.34. The molecule has 0 bridgehead atoms. The number of nitrogens with zero attached hydrogens (tertiary/aromatic N) is 2. The summed E-state index contributed by atoms with van der Waals surface area (Å²) in [5.74, 6) is -0.699. The zero-order valence-corrected chi connectivity index (χ0v) is 21.7. The average molecular weight is 539 g/mol. The fraction of sp³-hybridized carbons (Fsp3) is 0.429. The molecule has 1 aliphatic carbocycles. The number of fused-ring (bicyclic) bond motifs is 1. The van der Waals surface area contributed by atoms with Gasteiger partial charge < -0.3 is 19.5 Å². The Morgan fingerprint density at radius 1 is 1.05 bits per heavy atom. The summed E-state index contributed by atoms with van der Waals surface area (Å²) in [6.07, 6.45) is 2.45. The first-order chi connectivity index (χ1) is 18.3. The van der Waals surface area contributed by atoms with Crippen LogP contribution in [0.2, 0.25) is 0 Å². The molecule has 6 rings (SSSR count). The number of esters is 1. The Balaban J connectivity index is 1.37. The quantitative estimate of drug-likeness (QED) is 0.592. The molecule has 1 amide bonds. The molecule has 4 aliphatic rings. The van der Waals surface area contributed by atoms with Crippen molar-refractivity contribution in [1.82, 2.24) is 9.21 Å². The highest BCUT2D eigenvalue weighted by Crippen LogP contribution is 2.59. The first-order valence-corrected chi connectivity index (χ1v) is 14.4. The van der Waals surface area contributed by atoms with E-state index in [0.717, 1.165) is 5.56 Å². The van der Waals surface area contributed by atoms with Crippen molar-refractivity contribution in [2.24, 2.45) is 11.3 Å². The summed E-state index contributed by atoms with van der Waals surface area (Å²) >= 11 is 0. The molecule has 38 heavy (non-hydrogen) atoms. The van der Waals surface area contributed by atoms with Crippen LogP contribution in [-0.2, 0) is 30.9 Å². The maximum atomic E-state index is 13.6. The molecule has 0 saturated carbocycles. The summed E-state index contributed by atoms with van der Waals surface area (Å²) in [7, 11) is -3.79. The standard InChI is InChI=1S/C28H30N2O7S/c31-23-17-21-12-15-29(38(34,35)22-9-5-2-6-10-22)19-27(21)14-16-30(25(27)28(23)13-11-24(32)37-28)26(33)36-18-20-7-3-1-4-8-20/h1-10,17,21,25,31H,11-16,18-19H2/t21-,25+,27-,28?/m0/s1. The van der Waals surface area contributed by atoms with Crippen LogP contribution in [0.3, 0.4) is 0 Å². The first-order valence-electron chi connectivity index (χ1n) is 12.9. The van der Waals surface area contributed by atoms with Gasteiger partial charge in [-0.2, -0.15) is 4.31 Å². The minimum atomic E-state index is -3.79. The van der Waals surface area contributed by atoms with Crippen LogP contribution in [0.5, 0.6) is 0 Å². The topological polar surface area (TPSA) is 113 Å². The molecule has 0 radical (unpaired) electrons. The largest absolute Gasteiger partial charge is 0.508 e. The number of piperidine rings is 1. The van der Waals surface area contributed by atoms with Gasteiger partial charge in [0.25, 0.3) is 0 Å². The van der Waals surface area contributed by atoms with Crippen LogP contribution < -0.4 is 0 Å². The maximum Gasteiger partial charge on any atom is 0.410 e. The fourth-order valence-corrected chi connectivity index (χ4v) is 8.46. The van der Waals surface area contributed by atoms with E-state index >= 15 is 0 Å². The van der Waals surface area contributed by atoms with Crippen LogP contribution in [0.1, 0.15) is 31.2 Å². The molecule has 1 unspecified atom stereocenters. The molecule has 0 aromatic heterocycles. The molecular formula is C28H30N2O7S. The summed E-state index contributed by atoms with van der Waals surface area (Å²) in [6.45, 7) is 0.799. The minimum absolute atomic E-state index is 0.0592. The van der Waals surface area contributed by atoms with Gasteiger partial charge in [-0.05, 0) is 42.5 Å². The lowest BCUT2D eigenvalue weighted by Gasteiger charge is -2.55. The lowest BCUT2D eigenvalue weighted by Crippen LogP contribution is -2.67. The lowest BCUT2D eigenvalue weighted by atomic mass is 9.58. The number of aliphatic hydroxyl groups is 1. The molecule has 3 heterocycles. The van der Waals surface area contributed by atoms with Crippen molar-refractivity contribution in [2.75, 3.05) is 19.6 Å². The van der Waals surface area contributed by atoms with Crippen molar-refractivity contribution in [3.8, 4) is 0 Å². The molecule has 1 N–H and O–H groups in total. The first kappa shape index (κ1) is 24.9. The summed E-state index contributed by atoms with van der Waals surface area (Å²) in [6, 6.07) is 16.9. The van der Waals surface area contributed by atoms with Crippen molar-refractivity contribution >= 4 is 22.1 Å². The number of hydrogen-bond acceptors (Lipinski definition) is 7. The molecule has 2 aromatic carbocycles. The van der Waals surface area contributed by atoms with Gasteiger partial charge in [0.15, 0.2) is 5.60 Å². The van der Waals surface area contributed by atoms with Crippen LogP contribution in [0, 0.1) is 11.3 Å². The van der Waals surface area contributed by atoms with E-state index < -0.39 is 39.1 Å². The molecule has 9 nitrogen and oxygen atoms in total. The van der Waals surface area contributed by atoms with Crippen LogP contribution in [0.15, 0.2) is 77.4 Å². The second kappa shape index (κ2) is 9.13. The van der Waals surface area contributed by atoms with Gasteiger partial charge in [-0.3, -0.25) is 4.79 Å². The van der Waals surface area contributed by atoms with Gasteiger partial charge >= 0.3 is 12.1 Å². The Labute approximate surface area is 221 Å². The molecular weight excluding hydrogens is 508 g/mol. The van der Waals surface area contributed by atoms with E-state index in [9.17, 15) is 23.1 Å². The highest BCUT2D eigenvalue weighted by Gasteiger charge is 2.69. The van der Waals surface area contributed by atoms with Gasteiger partial charge in [0.05, 0.1) is 10.9 Å². The van der Waals surface area contributed by atoms with Crippen LogP contribution >= 0.6 is 0 Å². The Morgan fingerprint density at radius 2 is 1.76 bits per heavy atom. The van der Waals surface area contributed by atoms with Crippen molar-refractivity contribution in [3.05, 3.63) is 78.1 Å². The Kier molecular flexibility index (Phi) is 5.99. The Hall–Kier alpha value is -3.37. The third kappa shape index (κ3) is 3.80. The molecule has 2 aromatic rings. The number of carbonyl (C=O) groups is 2. The number of allylic oxidation sites excluding steroid dienone is 1. The normalized spacial score (nSPS) is 30.9. The number of aliphatic hydroxyl groups excluding tert-OH is 1. The van der Waals surface area contributed by atoms with E-state index in [1.165, 1.54) is 4.31 Å². The van der Waals surface area contributed by atoms with Crippen molar-refractivity contribution in [3.63, 3.8) is 0 Å². The number of amides is 1. The molecule has 3 aliphatic heterocycles. The molecule has 3 fully saturated rings. The molecule has 3 saturated heterocycles. The van der Waals surface area contributed by atoms with Crippen LogP contribution in [0.4, 0.5) is 4.79 Å². The Morgan fingerprint density at radius 3 is 2.45 bits per heavy atom. The summed E-state index contributed by atoms with van der Waals surface area (Å²) in [5, 5.41) is 11.2. The van der Waals surface area contributed by atoms with Crippen molar-refractivity contribution in [1.29, 1.82) is 0 Å². The van der Waals surface area contributed by atoms with Gasteiger partial charge in [0.2, 0.25) is 10.0 Å². The second-order valence-electron chi connectivity index (χ2n) is 10.6.